The Morgan fingerprint density at radius 1 is 1.20 bits per heavy atom. The third-order valence-corrected chi connectivity index (χ3v) is 3.86. The minimum Gasteiger partial charge on any atom is -0.426 e. The highest BCUT2D eigenvalue weighted by atomic mass is 32.2. The Morgan fingerprint density at radius 2 is 1.85 bits per heavy atom. The van der Waals surface area contributed by atoms with Crippen molar-refractivity contribution >= 4 is 26.8 Å². The van der Waals surface area contributed by atoms with E-state index in [9.17, 15) is 13.2 Å². The molecule has 6 nitrogen and oxygen atoms in total. The number of ether oxygens (including phenoxy) is 1. The van der Waals surface area contributed by atoms with E-state index in [0.29, 0.717) is 10.8 Å². The summed E-state index contributed by atoms with van der Waals surface area (Å²) in [6.07, 6.45) is 1.39. The lowest BCUT2D eigenvalue weighted by Crippen LogP contribution is -2.18. The molecule has 0 fully saturated rings. The Bertz CT molecular complexity index is 822. The Kier molecular flexibility index (Phi) is 3.59. The van der Waals surface area contributed by atoms with Crippen LogP contribution in [-0.2, 0) is 14.8 Å². The Hall–Kier alpha value is -2.59. The minimum atomic E-state index is -3.93. The quantitative estimate of drug-likeness (QED) is 0.400. The van der Waals surface area contributed by atoms with Crippen LogP contribution in [0, 0.1) is 11.5 Å². The molecule has 0 bridgehead atoms. The number of nitrogens with one attached hydrogen (secondary N) is 1. The topological polar surface area (TPSA) is 96.3 Å². The Morgan fingerprint density at radius 3 is 2.50 bits per heavy atom. The molecular weight excluding hydrogens is 280 g/mol. The van der Waals surface area contributed by atoms with Gasteiger partial charge in [-0.25, -0.2) is 13.1 Å². The van der Waals surface area contributed by atoms with Crippen LogP contribution in [0.5, 0.6) is 5.75 Å². The van der Waals surface area contributed by atoms with E-state index in [1.807, 2.05) is 0 Å². The van der Waals surface area contributed by atoms with Gasteiger partial charge in [-0.05, 0) is 12.1 Å². The van der Waals surface area contributed by atoms with Crippen molar-refractivity contribution < 1.29 is 17.9 Å². The summed E-state index contributed by atoms with van der Waals surface area (Å²) in [5.74, 6) is -0.232. The van der Waals surface area contributed by atoms with Gasteiger partial charge in [0, 0.05) is 17.7 Å². The highest BCUT2D eigenvalue weighted by molar-refractivity contribution is 7.89. The minimum absolute atomic E-state index is 0.0504. The van der Waals surface area contributed by atoms with Crippen molar-refractivity contribution in [3.8, 4) is 11.9 Å². The summed E-state index contributed by atoms with van der Waals surface area (Å²) >= 11 is 0. The first-order valence-corrected chi connectivity index (χ1v) is 7.05. The zero-order valence-electron chi connectivity index (χ0n) is 10.5. The lowest BCUT2D eigenvalue weighted by Gasteiger charge is -2.09. The average Bonchev–Trinajstić information content (AvgIpc) is 2.37. The third-order valence-electron chi connectivity index (χ3n) is 2.57. The molecule has 0 saturated heterocycles. The van der Waals surface area contributed by atoms with Gasteiger partial charge in [0.05, 0.1) is 4.90 Å². The van der Waals surface area contributed by atoms with Gasteiger partial charge >= 0.3 is 5.97 Å². The molecular formula is C13H10N2O4S. The van der Waals surface area contributed by atoms with Crippen LogP contribution in [0.3, 0.4) is 0 Å². The van der Waals surface area contributed by atoms with Crippen LogP contribution < -0.4 is 9.46 Å². The second-order valence-corrected chi connectivity index (χ2v) is 5.57. The molecule has 1 N–H and O–H groups in total. The van der Waals surface area contributed by atoms with Crippen LogP contribution in [0.1, 0.15) is 6.92 Å². The summed E-state index contributed by atoms with van der Waals surface area (Å²) in [5.41, 5.74) is 0. The number of nitriles is 1. The van der Waals surface area contributed by atoms with E-state index in [0.717, 1.165) is 0 Å². The SMILES string of the molecule is CC(=O)Oc1cccc2c(S(=O)(=O)NC#N)cccc12. The number of hydrogen-bond donors (Lipinski definition) is 1. The lowest BCUT2D eigenvalue weighted by molar-refractivity contribution is -0.131. The number of fused-ring (bicyclic) bond motifs is 1. The third kappa shape index (κ3) is 2.55. The largest absolute Gasteiger partial charge is 0.426 e. The van der Waals surface area contributed by atoms with Gasteiger partial charge in [-0.1, -0.05) is 24.3 Å². The first-order chi connectivity index (χ1) is 9.45. The van der Waals surface area contributed by atoms with E-state index < -0.39 is 16.0 Å². The number of sulfonamides is 1. The molecule has 0 radical (unpaired) electrons. The van der Waals surface area contributed by atoms with Crippen molar-refractivity contribution in [2.24, 2.45) is 0 Å². The fourth-order valence-corrected chi connectivity index (χ4v) is 2.80. The van der Waals surface area contributed by atoms with Crippen LogP contribution in [-0.4, -0.2) is 14.4 Å². The highest BCUT2D eigenvalue weighted by Crippen LogP contribution is 2.30. The second-order valence-electron chi connectivity index (χ2n) is 3.92. The maximum atomic E-state index is 11.9. The highest BCUT2D eigenvalue weighted by Gasteiger charge is 2.18. The van der Waals surface area contributed by atoms with Gasteiger partial charge in [-0.3, -0.25) is 4.79 Å². The Labute approximate surface area is 115 Å². The lowest BCUT2D eigenvalue weighted by atomic mass is 10.1. The number of rotatable bonds is 3. The van der Waals surface area contributed by atoms with Gasteiger partial charge in [0.1, 0.15) is 5.75 Å². The monoisotopic (exact) mass is 290 g/mol. The Balaban J connectivity index is 2.72. The van der Waals surface area contributed by atoms with Crippen molar-refractivity contribution in [2.75, 3.05) is 0 Å². The number of esters is 1. The van der Waals surface area contributed by atoms with Crippen LogP contribution in [0.25, 0.3) is 10.8 Å². The van der Waals surface area contributed by atoms with E-state index in [-0.39, 0.29) is 10.6 Å². The predicted molar refractivity (Wildman–Crippen MR) is 71.2 cm³/mol. The molecule has 0 saturated carbocycles. The molecule has 102 valence electrons. The van der Waals surface area contributed by atoms with Gasteiger partial charge in [0.15, 0.2) is 6.19 Å². The van der Waals surface area contributed by atoms with Crippen molar-refractivity contribution in [3.63, 3.8) is 0 Å². The van der Waals surface area contributed by atoms with E-state index in [1.54, 1.807) is 29.0 Å². The molecule has 2 rings (SSSR count). The van der Waals surface area contributed by atoms with E-state index in [1.165, 1.54) is 25.2 Å². The van der Waals surface area contributed by atoms with Gasteiger partial charge < -0.3 is 4.74 Å². The number of nitrogens with zero attached hydrogens (tertiary/aromatic N) is 1. The van der Waals surface area contributed by atoms with Gasteiger partial charge in [0.2, 0.25) is 0 Å². The number of hydrogen-bond acceptors (Lipinski definition) is 5. The molecule has 0 aliphatic carbocycles. The van der Waals surface area contributed by atoms with Crippen LogP contribution in [0.4, 0.5) is 0 Å². The molecule has 0 amide bonds. The molecule has 0 aromatic heterocycles. The summed E-state index contributed by atoms with van der Waals surface area (Å²) in [7, 11) is -3.93. The first kappa shape index (κ1) is 13.8. The predicted octanol–water partition coefficient (Wildman–Crippen LogP) is 1.52. The standard InChI is InChI=1S/C13H10N2O4S/c1-9(16)19-12-6-2-5-11-10(12)4-3-7-13(11)20(17,18)15-8-14/h2-7,15H,1H3. The zero-order chi connectivity index (χ0) is 14.8. The number of carbonyl (C=O) groups is 1. The molecule has 0 heterocycles. The van der Waals surface area contributed by atoms with Crippen molar-refractivity contribution in [2.45, 2.75) is 11.8 Å². The molecule has 7 heteroatoms. The normalized spacial score (nSPS) is 10.8. The van der Waals surface area contributed by atoms with Crippen LogP contribution in [0.2, 0.25) is 0 Å². The molecule has 2 aromatic rings. The fraction of sp³-hybridized carbons (Fsp3) is 0.0769. The number of carbonyl (C=O) groups excluding carboxylic acids is 1. The summed E-state index contributed by atoms with van der Waals surface area (Å²) in [6, 6.07) is 9.25. The van der Waals surface area contributed by atoms with E-state index in [4.69, 9.17) is 10.00 Å². The van der Waals surface area contributed by atoms with Crippen LogP contribution in [0.15, 0.2) is 41.3 Å². The second kappa shape index (κ2) is 5.19. The van der Waals surface area contributed by atoms with Crippen molar-refractivity contribution in [3.05, 3.63) is 36.4 Å². The van der Waals surface area contributed by atoms with Crippen molar-refractivity contribution in [1.29, 1.82) is 5.26 Å². The summed E-state index contributed by atoms with van der Waals surface area (Å²) < 4.78 is 30.7. The van der Waals surface area contributed by atoms with Crippen LogP contribution >= 0.6 is 0 Å². The first-order valence-electron chi connectivity index (χ1n) is 5.57. The molecule has 0 aliphatic heterocycles. The van der Waals surface area contributed by atoms with E-state index in [2.05, 4.69) is 0 Å². The summed E-state index contributed by atoms with van der Waals surface area (Å²) in [4.78, 5) is 11.0. The molecule has 0 aliphatic rings. The molecule has 0 atom stereocenters. The van der Waals surface area contributed by atoms with Gasteiger partial charge in [0.25, 0.3) is 10.0 Å². The summed E-state index contributed by atoms with van der Waals surface area (Å²) in [6.45, 7) is 1.26. The number of benzene rings is 2. The smallest absolute Gasteiger partial charge is 0.308 e. The van der Waals surface area contributed by atoms with Gasteiger partial charge in [-0.15, -0.1) is 0 Å². The fourth-order valence-electron chi connectivity index (χ4n) is 1.85. The molecule has 0 spiro atoms. The molecule has 20 heavy (non-hydrogen) atoms. The molecule has 0 unspecified atom stereocenters. The maximum absolute atomic E-state index is 11.9. The van der Waals surface area contributed by atoms with E-state index >= 15 is 0 Å². The summed E-state index contributed by atoms with van der Waals surface area (Å²) in [5, 5.41) is 9.34. The zero-order valence-corrected chi connectivity index (χ0v) is 11.3. The molecule has 2 aromatic carbocycles. The maximum Gasteiger partial charge on any atom is 0.308 e. The average molecular weight is 290 g/mol. The van der Waals surface area contributed by atoms with Crippen molar-refractivity contribution in [1.82, 2.24) is 4.72 Å². The van der Waals surface area contributed by atoms with Gasteiger partial charge in [-0.2, -0.15) is 5.26 Å².